The van der Waals surface area contributed by atoms with E-state index in [4.69, 9.17) is 24.7 Å². The molecule has 0 saturated heterocycles. The Morgan fingerprint density at radius 3 is 1.73 bits per heavy atom. The van der Waals surface area contributed by atoms with E-state index in [9.17, 15) is 0 Å². The summed E-state index contributed by atoms with van der Waals surface area (Å²) in [6.07, 6.45) is 9.40. The van der Waals surface area contributed by atoms with Gasteiger partial charge in [0.1, 0.15) is 0 Å². The standard InChI is InChI=1S/C17H35NO3.C2H6.CH3NO/c1-16-5-7-17(8-6-16)4-2-10-19-12-14-21-15-13-20-11-3-9-18;1-2;2-1-3/h16-17H,2-15,18H2,1H3;1-2H3;1H,(H2,2,3). The van der Waals surface area contributed by atoms with Crippen molar-refractivity contribution in [1.82, 2.24) is 0 Å². The number of hydrogen-bond acceptors (Lipinski definition) is 5. The Morgan fingerprint density at radius 2 is 1.27 bits per heavy atom. The van der Waals surface area contributed by atoms with Crippen molar-refractivity contribution in [3.05, 3.63) is 0 Å². The summed E-state index contributed by atoms with van der Waals surface area (Å²) in [5, 5.41) is 0. The van der Waals surface area contributed by atoms with Crippen LogP contribution >= 0.6 is 0 Å². The SMILES string of the molecule is CC.CC1CCC(CCCOCCOCCOCCCN)CC1.NC=O. The third kappa shape index (κ3) is 21.4. The number of carbonyl (C=O) groups excluding carboxylic acids is 1. The first-order chi connectivity index (χ1) is 12.7. The van der Waals surface area contributed by atoms with E-state index in [2.05, 4.69) is 12.7 Å². The average Bonchev–Trinajstić information content (AvgIpc) is 2.66. The molecule has 0 heterocycles. The van der Waals surface area contributed by atoms with Gasteiger partial charge in [-0.15, -0.1) is 0 Å². The van der Waals surface area contributed by atoms with Crippen LogP contribution in [0.4, 0.5) is 0 Å². The number of primary amides is 1. The van der Waals surface area contributed by atoms with E-state index in [0.29, 0.717) is 33.0 Å². The molecule has 0 aromatic carbocycles. The highest BCUT2D eigenvalue weighted by molar-refractivity contribution is 5.42. The Kier molecular flexibility index (Phi) is 25.7. The highest BCUT2D eigenvalue weighted by atomic mass is 16.5. The molecule has 158 valence electrons. The van der Waals surface area contributed by atoms with Gasteiger partial charge in [-0.25, -0.2) is 0 Å². The van der Waals surface area contributed by atoms with E-state index in [1.54, 1.807) is 0 Å². The van der Waals surface area contributed by atoms with Crippen molar-refractivity contribution in [2.75, 3.05) is 46.2 Å². The molecule has 0 radical (unpaired) electrons. The van der Waals surface area contributed by atoms with Gasteiger partial charge in [-0.1, -0.05) is 46.5 Å². The van der Waals surface area contributed by atoms with E-state index in [1.807, 2.05) is 13.8 Å². The number of carbonyl (C=O) groups is 1. The molecular formula is C20H44N2O4. The van der Waals surface area contributed by atoms with E-state index in [0.717, 1.165) is 31.5 Å². The summed E-state index contributed by atoms with van der Waals surface area (Å²) >= 11 is 0. The first kappa shape index (κ1) is 27.5. The van der Waals surface area contributed by atoms with Gasteiger partial charge in [-0.3, -0.25) is 4.79 Å². The van der Waals surface area contributed by atoms with Crippen LogP contribution in [0.15, 0.2) is 0 Å². The number of hydrogen-bond donors (Lipinski definition) is 2. The molecule has 1 rings (SSSR count). The fourth-order valence-electron chi connectivity index (χ4n) is 2.82. The first-order valence-electron chi connectivity index (χ1n) is 10.3. The molecule has 1 saturated carbocycles. The fourth-order valence-corrected chi connectivity index (χ4v) is 2.82. The monoisotopic (exact) mass is 376 g/mol. The first-order valence-corrected chi connectivity index (χ1v) is 10.3. The van der Waals surface area contributed by atoms with E-state index < -0.39 is 0 Å². The van der Waals surface area contributed by atoms with Crippen molar-refractivity contribution in [2.24, 2.45) is 23.3 Å². The second-order valence-corrected chi connectivity index (χ2v) is 6.38. The Bertz CT molecular complexity index is 260. The number of rotatable bonds is 13. The Balaban J connectivity index is 0. The smallest absolute Gasteiger partial charge is 0.204 e. The summed E-state index contributed by atoms with van der Waals surface area (Å²) in [5.41, 5.74) is 9.54. The molecule has 0 atom stereocenters. The van der Waals surface area contributed by atoms with E-state index in [1.165, 1.54) is 38.5 Å². The van der Waals surface area contributed by atoms with Crippen molar-refractivity contribution < 1.29 is 19.0 Å². The molecule has 0 unspecified atom stereocenters. The van der Waals surface area contributed by atoms with Gasteiger partial charge in [0.25, 0.3) is 0 Å². The normalized spacial score (nSPS) is 18.9. The van der Waals surface area contributed by atoms with Gasteiger partial charge in [-0.2, -0.15) is 0 Å². The van der Waals surface area contributed by atoms with Crippen LogP contribution in [-0.2, 0) is 19.0 Å². The number of amides is 1. The Labute approximate surface area is 161 Å². The lowest BCUT2D eigenvalue weighted by atomic mass is 9.81. The van der Waals surface area contributed by atoms with Crippen LogP contribution in [0.1, 0.15) is 65.7 Å². The minimum atomic E-state index is 0.250. The van der Waals surface area contributed by atoms with Crippen LogP contribution in [0.25, 0.3) is 0 Å². The maximum absolute atomic E-state index is 8.58. The second kappa shape index (κ2) is 24.3. The maximum atomic E-state index is 8.58. The van der Waals surface area contributed by atoms with Gasteiger partial charge in [0.15, 0.2) is 0 Å². The third-order valence-corrected chi connectivity index (χ3v) is 4.27. The van der Waals surface area contributed by atoms with Gasteiger partial charge in [0.05, 0.1) is 26.4 Å². The predicted molar refractivity (Wildman–Crippen MR) is 108 cm³/mol. The molecule has 0 aromatic heterocycles. The maximum Gasteiger partial charge on any atom is 0.204 e. The summed E-state index contributed by atoms with van der Waals surface area (Å²) in [6, 6.07) is 0. The minimum absolute atomic E-state index is 0.250. The van der Waals surface area contributed by atoms with Crippen LogP contribution in [0.3, 0.4) is 0 Å². The highest BCUT2D eigenvalue weighted by Crippen LogP contribution is 2.30. The van der Waals surface area contributed by atoms with Crippen molar-refractivity contribution in [3.8, 4) is 0 Å². The molecule has 1 aliphatic rings. The topological polar surface area (TPSA) is 96.8 Å². The van der Waals surface area contributed by atoms with Crippen LogP contribution in [0.5, 0.6) is 0 Å². The molecule has 1 fully saturated rings. The molecule has 4 N–H and O–H groups in total. The number of ether oxygens (including phenoxy) is 3. The zero-order valence-corrected chi connectivity index (χ0v) is 17.4. The largest absolute Gasteiger partial charge is 0.379 e. The summed E-state index contributed by atoms with van der Waals surface area (Å²) < 4.78 is 16.4. The molecule has 1 aliphatic carbocycles. The van der Waals surface area contributed by atoms with Gasteiger partial charge in [0, 0.05) is 13.2 Å². The lowest BCUT2D eigenvalue weighted by Gasteiger charge is -2.25. The minimum Gasteiger partial charge on any atom is -0.379 e. The molecule has 0 aromatic rings. The fraction of sp³-hybridized carbons (Fsp3) is 0.950. The highest BCUT2D eigenvalue weighted by Gasteiger charge is 2.17. The van der Waals surface area contributed by atoms with Crippen molar-refractivity contribution in [1.29, 1.82) is 0 Å². The van der Waals surface area contributed by atoms with Gasteiger partial charge < -0.3 is 25.7 Å². The molecule has 1 amide bonds. The van der Waals surface area contributed by atoms with E-state index in [-0.39, 0.29) is 6.41 Å². The quantitative estimate of drug-likeness (QED) is 0.380. The van der Waals surface area contributed by atoms with Gasteiger partial charge in [-0.05, 0) is 37.6 Å². The molecule has 0 aliphatic heterocycles. The lowest BCUT2D eigenvalue weighted by Crippen LogP contribution is -2.14. The Hall–Kier alpha value is -0.690. The molecule has 6 nitrogen and oxygen atoms in total. The van der Waals surface area contributed by atoms with Crippen molar-refractivity contribution in [2.45, 2.75) is 65.7 Å². The summed E-state index contributed by atoms with van der Waals surface area (Å²) in [5.74, 6) is 1.90. The van der Waals surface area contributed by atoms with Crippen molar-refractivity contribution in [3.63, 3.8) is 0 Å². The molecule has 6 heteroatoms. The van der Waals surface area contributed by atoms with Crippen LogP contribution < -0.4 is 11.5 Å². The summed E-state index contributed by atoms with van der Waals surface area (Å²) in [6.45, 7) is 11.3. The lowest BCUT2D eigenvalue weighted by molar-refractivity contribution is -0.106. The summed E-state index contributed by atoms with van der Waals surface area (Å²) in [4.78, 5) is 8.58. The molecular weight excluding hydrogens is 332 g/mol. The zero-order chi connectivity index (χ0) is 19.9. The van der Waals surface area contributed by atoms with Gasteiger partial charge in [0.2, 0.25) is 6.41 Å². The second-order valence-electron chi connectivity index (χ2n) is 6.38. The number of nitrogens with two attached hydrogens (primary N) is 2. The van der Waals surface area contributed by atoms with Crippen LogP contribution in [0.2, 0.25) is 0 Å². The zero-order valence-electron chi connectivity index (χ0n) is 17.4. The van der Waals surface area contributed by atoms with E-state index >= 15 is 0 Å². The molecule has 26 heavy (non-hydrogen) atoms. The average molecular weight is 377 g/mol. The van der Waals surface area contributed by atoms with Crippen LogP contribution in [0, 0.1) is 11.8 Å². The van der Waals surface area contributed by atoms with Crippen LogP contribution in [-0.4, -0.2) is 52.6 Å². The third-order valence-electron chi connectivity index (χ3n) is 4.27. The molecule has 0 bridgehead atoms. The van der Waals surface area contributed by atoms with Crippen molar-refractivity contribution >= 4 is 6.41 Å². The summed E-state index contributed by atoms with van der Waals surface area (Å²) in [7, 11) is 0. The Morgan fingerprint density at radius 1 is 0.846 bits per heavy atom. The van der Waals surface area contributed by atoms with Gasteiger partial charge >= 0.3 is 0 Å². The predicted octanol–water partition coefficient (Wildman–Crippen LogP) is 3.12. The molecule has 0 spiro atoms.